The summed E-state index contributed by atoms with van der Waals surface area (Å²) in [5.41, 5.74) is -1.77. The van der Waals surface area contributed by atoms with Crippen LogP contribution in [-0.2, 0) is 15.7 Å². The molecular weight excluding hydrogens is 309 g/mol. The van der Waals surface area contributed by atoms with E-state index in [0.717, 1.165) is 14.2 Å². The van der Waals surface area contributed by atoms with Crippen LogP contribution in [0, 0.1) is 0 Å². The maximum absolute atomic E-state index is 13.1. The Morgan fingerprint density at radius 3 is 2.14 bits per heavy atom. The molecule has 0 saturated heterocycles. The number of furan rings is 2. The Kier molecular flexibility index (Phi) is 3.98. The number of hydrogen-bond acceptors (Lipinski definition) is 6. The molecule has 0 aromatic carbocycles. The summed E-state index contributed by atoms with van der Waals surface area (Å²) >= 11 is 0. The Morgan fingerprint density at radius 2 is 1.68 bits per heavy atom. The Balaban J connectivity index is 2.83. The van der Waals surface area contributed by atoms with Gasteiger partial charge < -0.3 is 18.3 Å². The van der Waals surface area contributed by atoms with E-state index in [0.29, 0.717) is 0 Å². The van der Waals surface area contributed by atoms with E-state index in [4.69, 9.17) is 4.42 Å². The molecule has 0 bridgehead atoms. The van der Waals surface area contributed by atoms with Crippen molar-refractivity contribution in [3.8, 4) is 11.5 Å². The van der Waals surface area contributed by atoms with Crippen molar-refractivity contribution in [2.75, 3.05) is 14.2 Å². The molecule has 0 spiro atoms. The Hall–Kier alpha value is -2.71. The van der Waals surface area contributed by atoms with Gasteiger partial charge in [0.05, 0.1) is 20.5 Å². The summed E-state index contributed by atoms with van der Waals surface area (Å²) in [6, 6.07) is 2.65. The summed E-state index contributed by atoms with van der Waals surface area (Å²) in [6.07, 6.45) is -3.85. The predicted octanol–water partition coefficient (Wildman–Crippen LogP) is 3.13. The molecule has 2 aromatic rings. The van der Waals surface area contributed by atoms with E-state index in [-0.39, 0.29) is 5.76 Å². The zero-order chi connectivity index (χ0) is 16.5. The molecule has 6 nitrogen and oxygen atoms in total. The second kappa shape index (κ2) is 5.58. The largest absolute Gasteiger partial charge is 0.465 e. The van der Waals surface area contributed by atoms with Gasteiger partial charge >= 0.3 is 18.1 Å². The molecule has 0 unspecified atom stereocenters. The van der Waals surface area contributed by atoms with Crippen LogP contribution in [0.4, 0.5) is 13.2 Å². The lowest BCUT2D eigenvalue weighted by Crippen LogP contribution is -2.16. The maximum Gasteiger partial charge on any atom is 0.450 e. The summed E-state index contributed by atoms with van der Waals surface area (Å²) in [5.74, 6) is -4.96. The van der Waals surface area contributed by atoms with Crippen LogP contribution in [0.5, 0.6) is 0 Å². The molecule has 2 aromatic heterocycles. The van der Waals surface area contributed by atoms with Gasteiger partial charge in [0.15, 0.2) is 11.5 Å². The highest BCUT2D eigenvalue weighted by molar-refractivity contribution is 6.07. The standard InChI is InChI=1S/C13H9F3O6/c1-19-11(17)7-8(12(18)20-2)10(13(14,15)16)22-9(7)6-4-3-5-21-6/h3-5H,1-2H3. The first kappa shape index (κ1) is 15.7. The van der Waals surface area contributed by atoms with Gasteiger partial charge in [0.2, 0.25) is 5.76 Å². The van der Waals surface area contributed by atoms with Crippen LogP contribution in [0.15, 0.2) is 27.2 Å². The van der Waals surface area contributed by atoms with E-state index in [1.807, 2.05) is 0 Å². The SMILES string of the molecule is COC(=O)c1c(-c2ccco2)oc(C(F)(F)F)c1C(=O)OC. The van der Waals surface area contributed by atoms with Gasteiger partial charge in [-0.05, 0) is 12.1 Å². The third kappa shape index (κ3) is 2.57. The number of esters is 2. The minimum atomic E-state index is -5.02. The van der Waals surface area contributed by atoms with Gasteiger partial charge in [0, 0.05) is 0 Å². The average molecular weight is 318 g/mol. The summed E-state index contributed by atoms with van der Waals surface area (Å²) in [5, 5.41) is 0. The van der Waals surface area contributed by atoms with Crippen LogP contribution in [-0.4, -0.2) is 26.2 Å². The molecule has 0 amide bonds. The first-order valence-corrected chi connectivity index (χ1v) is 5.75. The number of halogens is 3. The van der Waals surface area contributed by atoms with Gasteiger partial charge in [-0.25, -0.2) is 9.59 Å². The van der Waals surface area contributed by atoms with Crippen LogP contribution in [0.1, 0.15) is 26.5 Å². The monoisotopic (exact) mass is 318 g/mol. The van der Waals surface area contributed by atoms with Crippen LogP contribution in [0.2, 0.25) is 0 Å². The minimum absolute atomic E-state index is 0.166. The third-order valence-corrected chi connectivity index (χ3v) is 2.69. The number of carbonyl (C=O) groups excluding carboxylic acids is 2. The van der Waals surface area contributed by atoms with Crippen LogP contribution in [0.25, 0.3) is 11.5 Å². The van der Waals surface area contributed by atoms with E-state index >= 15 is 0 Å². The lowest BCUT2D eigenvalue weighted by Gasteiger charge is -2.05. The van der Waals surface area contributed by atoms with Crippen molar-refractivity contribution in [2.45, 2.75) is 6.18 Å². The number of rotatable bonds is 3. The smallest absolute Gasteiger partial charge is 0.450 e. The highest BCUT2D eigenvalue weighted by Gasteiger charge is 2.45. The Morgan fingerprint density at radius 1 is 1.09 bits per heavy atom. The fourth-order valence-corrected chi connectivity index (χ4v) is 1.81. The molecule has 0 aliphatic carbocycles. The number of carbonyl (C=O) groups is 2. The number of methoxy groups -OCH3 is 2. The molecule has 0 saturated carbocycles. The molecule has 0 aliphatic rings. The second-order valence-electron chi connectivity index (χ2n) is 3.97. The molecule has 22 heavy (non-hydrogen) atoms. The van der Waals surface area contributed by atoms with E-state index in [1.54, 1.807) is 0 Å². The van der Waals surface area contributed by atoms with Crippen molar-refractivity contribution in [3.63, 3.8) is 0 Å². The van der Waals surface area contributed by atoms with Gasteiger partial charge in [-0.2, -0.15) is 13.2 Å². The van der Waals surface area contributed by atoms with Crippen molar-refractivity contribution in [2.24, 2.45) is 0 Å². The Bertz CT molecular complexity index is 696. The van der Waals surface area contributed by atoms with Crippen LogP contribution >= 0.6 is 0 Å². The predicted molar refractivity (Wildman–Crippen MR) is 64.1 cm³/mol. The number of hydrogen-bond donors (Lipinski definition) is 0. The number of alkyl halides is 3. The number of ether oxygens (including phenoxy) is 2. The van der Waals surface area contributed by atoms with Crippen molar-refractivity contribution >= 4 is 11.9 Å². The fraction of sp³-hybridized carbons (Fsp3) is 0.231. The second-order valence-corrected chi connectivity index (χ2v) is 3.97. The summed E-state index contributed by atoms with van der Waals surface area (Å²) < 4.78 is 57.5. The molecule has 9 heteroatoms. The first-order chi connectivity index (χ1) is 10.3. The van der Waals surface area contributed by atoms with Crippen molar-refractivity contribution in [3.05, 3.63) is 35.3 Å². The van der Waals surface area contributed by atoms with Crippen molar-refractivity contribution in [1.29, 1.82) is 0 Å². The molecule has 0 aliphatic heterocycles. The zero-order valence-electron chi connectivity index (χ0n) is 11.3. The molecule has 2 rings (SSSR count). The van der Waals surface area contributed by atoms with Crippen molar-refractivity contribution < 1.29 is 41.1 Å². The normalized spacial score (nSPS) is 11.3. The Labute approximate surface area is 121 Å². The molecular formula is C13H9F3O6. The average Bonchev–Trinajstić information content (AvgIpc) is 3.11. The van der Waals surface area contributed by atoms with Crippen LogP contribution < -0.4 is 0 Å². The lowest BCUT2D eigenvalue weighted by atomic mass is 10.1. The topological polar surface area (TPSA) is 78.9 Å². The van der Waals surface area contributed by atoms with Gasteiger partial charge in [0.1, 0.15) is 11.1 Å². The van der Waals surface area contributed by atoms with E-state index < -0.39 is 40.8 Å². The minimum Gasteiger partial charge on any atom is -0.465 e. The quantitative estimate of drug-likeness (QED) is 0.809. The molecule has 0 fully saturated rings. The zero-order valence-corrected chi connectivity index (χ0v) is 11.3. The third-order valence-electron chi connectivity index (χ3n) is 2.69. The summed E-state index contributed by atoms with van der Waals surface area (Å²) in [7, 11) is 1.83. The molecule has 118 valence electrons. The first-order valence-electron chi connectivity index (χ1n) is 5.75. The van der Waals surface area contributed by atoms with Crippen molar-refractivity contribution in [1.82, 2.24) is 0 Å². The highest BCUT2D eigenvalue weighted by Crippen LogP contribution is 2.41. The summed E-state index contributed by atoms with van der Waals surface area (Å²) in [6.45, 7) is 0. The lowest BCUT2D eigenvalue weighted by molar-refractivity contribution is -0.153. The molecule has 0 N–H and O–H groups in total. The fourth-order valence-electron chi connectivity index (χ4n) is 1.81. The molecule has 0 radical (unpaired) electrons. The maximum atomic E-state index is 13.1. The summed E-state index contributed by atoms with van der Waals surface area (Å²) in [4.78, 5) is 23.5. The highest BCUT2D eigenvalue weighted by atomic mass is 19.4. The van der Waals surface area contributed by atoms with Gasteiger partial charge in [-0.1, -0.05) is 0 Å². The van der Waals surface area contributed by atoms with Gasteiger partial charge in [-0.3, -0.25) is 0 Å². The van der Waals surface area contributed by atoms with Gasteiger partial charge in [0.25, 0.3) is 0 Å². The van der Waals surface area contributed by atoms with Crippen LogP contribution in [0.3, 0.4) is 0 Å². The van der Waals surface area contributed by atoms with Gasteiger partial charge in [-0.15, -0.1) is 0 Å². The molecule has 0 atom stereocenters. The molecule has 2 heterocycles. The van der Waals surface area contributed by atoms with E-state index in [9.17, 15) is 22.8 Å². The van der Waals surface area contributed by atoms with E-state index in [2.05, 4.69) is 13.9 Å². The van der Waals surface area contributed by atoms with E-state index in [1.165, 1.54) is 18.4 Å².